The summed E-state index contributed by atoms with van der Waals surface area (Å²) in [5.74, 6) is 0.416. The Morgan fingerprint density at radius 1 is 1.15 bits per heavy atom. The van der Waals surface area contributed by atoms with E-state index in [1.807, 2.05) is 55.3 Å². The van der Waals surface area contributed by atoms with Crippen molar-refractivity contribution < 1.29 is 9.59 Å². The highest BCUT2D eigenvalue weighted by molar-refractivity contribution is 7.99. The average Bonchev–Trinajstić information content (AvgIpc) is 3.26. The summed E-state index contributed by atoms with van der Waals surface area (Å²) in [6.45, 7) is 3.68. The number of aromatic nitrogens is 1. The first kappa shape index (κ1) is 19.4. The molecule has 1 unspecified atom stereocenters. The summed E-state index contributed by atoms with van der Waals surface area (Å²) in [5.41, 5.74) is 1.73. The van der Waals surface area contributed by atoms with Crippen LogP contribution in [0.2, 0.25) is 0 Å². The third kappa shape index (κ3) is 4.89. The molecule has 3 rings (SSSR count). The Kier molecular flexibility index (Phi) is 6.50. The summed E-state index contributed by atoms with van der Waals surface area (Å²) < 4.78 is 0. The van der Waals surface area contributed by atoms with Gasteiger partial charge < -0.3 is 9.80 Å². The van der Waals surface area contributed by atoms with Crippen LogP contribution in [0.1, 0.15) is 41.7 Å². The van der Waals surface area contributed by atoms with Crippen molar-refractivity contribution in [3.63, 3.8) is 0 Å². The van der Waals surface area contributed by atoms with Crippen LogP contribution >= 0.6 is 11.8 Å². The Morgan fingerprint density at radius 2 is 1.85 bits per heavy atom. The molecular formula is C21H25N3O2S. The first-order valence-electron chi connectivity index (χ1n) is 9.25. The van der Waals surface area contributed by atoms with E-state index in [1.165, 1.54) is 11.8 Å². The number of hydrogen-bond donors (Lipinski definition) is 0. The fourth-order valence-electron chi connectivity index (χ4n) is 3.10. The molecule has 6 heteroatoms. The molecule has 2 heterocycles. The molecule has 0 N–H and O–H groups in total. The van der Waals surface area contributed by atoms with Crippen LogP contribution in [0, 0.1) is 0 Å². The molecule has 0 bridgehead atoms. The summed E-state index contributed by atoms with van der Waals surface area (Å²) in [6, 6.07) is 13.6. The van der Waals surface area contributed by atoms with Gasteiger partial charge in [0.2, 0.25) is 5.91 Å². The van der Waals surface area contributed by atoms with Crippen LogP contribution < -0.4 is 0 Å². The predicted molar refractivity (Wildman–Crippen MR) is 108 cm³/mol. The second-order valence-corrected chi connectivity index (χ2v) is 7.76. The number of benzene rings is 1. The quantitative estimate of drug-likeness (QED) is 0.715. The Morgan fingerprint density at radius 3 is 2.48 bits per heavy atom. The Balaban J connectivity index is 1.53. The van der Waals surface area contributed by atoms with E-state index in [-0.39, 0.29) is 17.9 Å². The SMILES string of the molecule is CC(c1ccccc1)N(C)C(=O)CSc1ccc(C(=O)N2CCCC2)cn1. The normalized spacial score (nSPS) is 14.8. The molecule has 1 atom stereocenters. The summed E-state index contributed by atoms with van der Waals surface area (Å²) in [7, 11) is 1.83. The molecule has 0 spiro atoms. The second kappa shape index (κ2) is 9.04. The van der Waals surface area contributed by atoms with E-state index in [4.69, 9.17) is 0 Å². The van der Waals surface area contributed by atoms with E-state index in [1.54, 1.807) is 17.2 Å². The van der Waals surface area contributed by atoms with Crippen LogP contribution in [0.25, 0.3) is 0 Å². The average molecular weight is 384 g/mol. The lowest BCUT2D eigenvalue weighted by Crippen LogP contribution is -2.31. The first-order valence-corrected chi connectivity index (χ1v) is 10.2. The number of carbonyl (C=O) groups is 2. The van der Waals surface area contributed by atoms with E-state index in [9.17, 15) is 9.59 Å². The monoisotopic (exact) mass is 383 g/mol. The van der Waals surface area contributed by atoms with E-state index >= 15 is 0 Å². The van der Waals surface area contributed by atoms with Crippen molar-refractivity contribution >= 4 is 23.6 Å². The molecule has 5 nitrogen and oxygen atoms in total. The molecule has 0 saturated carbocycles. The third-order valence-electron chi connectivity index (χ3n) is 4.98. The minimum Gasteiger partial charge on any atom is -0.339 e. The van der Waals surface area contributed by atoms with E-state index in [0.717, 1.165) is 36.5 Å². The lowest BCUT2D eigenvalue weighted by molar-refractivity contribution is -0.128. The van der Waals surface area contributed by atoms with E-state index < -0.39 is 0 Å². The predicted octanol–water partition coefficient (Wildman–Crippen LogP) is 3.63. The van der Waals surface area contributed by atoms with Crippen molar-refractivity contribution in [2.75, 3.05) is 25.9 Å². The topological polar surface area (TPSA) is 53.5 Å². The van der Waals surface area contributed by atoms with Crippen LogP contribution in [0.5, 0.6) is 0 Å². The van der Waals surface area contributed by atoms with Gasteiger partial charge in [-0.1, -0.05) is 42.1 Å². The molecule has 1 aromatic carbocycles. The van der Waals surface area contributed by atoms with Crippen molar-refractivity contribution in [3.8, 4) is 0 Å². The van der Waals surface area contributed by atoms with Gasteiger partial charge in [-0.3, -0.25) is 9.59 Å². The first-order chi connectivity index (χ1) is 13.1. The number of nitrogens with zero attached hydrogens (tertiary/aromatic N) is 3. The number of likely N-dealkylation sites (tertiary alicyclic amines) is 1. The van der Waals surface area contributed by atoms with Crippen molar-refractivity contribution in [3.05, 3.63) is 59.8 Å². The van der Waals surface area contributed by atoms with Crippen LogP contribution in [0.4, 0.5) is 0 Å². The molecule has 1 saturated heterocycles. The van der Waals surface area contributed by atoms with Crippen molar-refractivity contribution in [1.82, 2.24) is 14.8 Å². The molecule has 1 aliphatic heterocycles. The van der Waals surface area contributed by atoms with Gasteiger partial charge in [-0.25, -0.2) is 4.98 Å². The molecule has 1 aliphatic rings. The Bertz CT molecular complexity index is 774. The maximum Gasteiger partial charge on any atom is 0.255 e. The van der Waals surface area contributed by atoms with Gasteiger partial charge in [0.05, 0.1) is 22.4 Å². The number of rotatable bonds is 6. The lowest BCUT2D eigenvalue weighted by atomic mass is 10.1. The molecule has 2 aromatic rings. The summed E-state index contributed by atoms with van der Waals surface area (Å²) in [6.07, 6.45) is 3.76. The van der Waals surface area contributed by atoms with Gasteiger partial charge in [-0.2, -0.15) is 0 Å². The van der Waals surface area contributed by atoms with Crippen LogP contribution in [0.15, 0.2) is 53.7 Å². The summed E-state index contributed by atoms with van der Waals surface area (Å²) >= 11 is 1.39. The molecular weight excluding hydrogens is 358 g/mol. The maximum atomic E-state index is 12.5. The molecule has 0 radical (unpaired) electrons. The molecule has 27 heavy (non-hydrogen) atoms. The Labute approximate surface area is 164 Å². The smallest absolute Gasteiger partial charge is 0.255 e. The molecule has 1 aromatic heterocycles. The standard InChI is InChI=1S/C21H25N3O2S/c1-16(17-8-4-3-5-9-17)23(2)20(25)15-27-19-11-10-18(14-22-19)21(26)24-12-6-7-13-24/h3-5,8-11,14,16H,6-7,12-13,15H2,1-2H3. The van der Waals surface area contributed by atoms with Crippen LogP contribution in [-0.4, -0.2) is 52.5 Å². The summed E-state index contributed by atoms with van der Waals surface area (Å²) in [4.78, 5) is 32.8. The van der Waals surface area contributed by atoms with Gasteiger partial charge in [0.25, 0.3) is 5.91 Å². The van der Waals surface area contributed by atoms with Gasteiger partial charge in [0, 0.05) is 26.3 Å². The van der Waals surface area contributed by atoms with Crippen LogP contribution in [-0.2, 0) is 4.79 Å². The van der Waals surface area contributed by atoms with E-state index in [2.05, 4.69) is 4.98 Å². The highest BCUT2D eigenvalue weighted by atomic mass is 32.2. The minimum absolute atomic E-state index is 0.0210. The molecule has 142 valence electrons. The fourth-order valence-corrected chi connectivity index (χ4v) is 3.87. The largest absolute Gasteiger partial charge is 0.339 e. The van der Waals surface area contributed by atoms with Gasteiger partial charge in [0.1, 0.15) is 0 Å². The van der Waals surface area contributed by atoms with Crippen molar-refractivity contribution in [2.45, 2.75) is 30.8 Å². The number of carbonyl (C=O) groups excluding carboxylic acids is 2. The number of pyridine rings is 1. The highest BCUT2D eigenvalue weighted by Gasteiger charge is 2.20. The number of amides is 2. The van der Waals surface area contributed by atoms with Crippen molar-refractivity contribution in [1.29, 1.82) is 0 Å². The van der Waals surface area contributed by atoms with Crippen LogP contribution in [0.3, 0.4) is 0 Å². The fraction of sp³-hybridized carbons (Fsp3) is 0.381. The number of hydrogen-bond acceptors (Lipinski definition) is 4. The molecule has 0 aliphatic carbocycles. The molecule has 1 fully saturated rings. The van der Waals surface area contributed by atoms with Gasteiger partial charge >= 0.3 is 0 Å². The summed E-state index contributed by atoms with van der Waals surface area (Å²) in [5, 5.41) is 0.752. The zero-order chi connectivity index (χ0) is 19.2. The zero-order valence-corrected chi connectivity index (χ0v) is 16.6. The maximum absolute atomic E-state index is 12.5. The second-order valence-electron chi connectivity index (χ2n) is 6.76. The molecule has 2 amide bonds. The van der Waals surface area contributed by atoms with E-state index in [0.29, 0.717) is 11.3 Å². The van der Waals surface area contributed by atoms with Crippen molar-refractivity contribution in [2.24, 2.45) is 0 Å². The third-order valence-corrected chi connectivity index (χ3v) is 5.90. The zero-order valence-electron chi connectivity index (χ0n) is 15.8. The van der Waals surface area contributed by atoms with Gasteiger partial charge in [-0.15, -0.1) is 0 Å². The van der Waals surface area contributed by atoms with Gasteiger partial charge in [-0.05, 0) is 37.5 Å². The highest BCUT2D eigenvalue weighted by Crippen LogP contribution is 2.22. The Hall–Kier alpha value is -2.34. The number of thioether (sulfide) groups is 1. The van der Waals surface area contributed by atoms with Gasteiger partial charge in [0.15, 0.2) is 0 Å². The minimum atomic E-state index is 0.0210. The lowest BCUT2D eigenvalue weighted by Gasteiger charge is -2.25.